The van der Waals surface area contributed by atoms with Crippen LogP contribution in [0.3, 0.4) is 0 Å². The number of hydrogen-bond donors (Lipinski definition) is 0. The van der Waals surface area contributed by atoms with Gasteiger partial charge in [-0.3, -0.25) is 14.6 Å². The van der Waals surface area contributed by atoms with E-state index in [1.807, 2.05) is 91.0 Å². The van der Waals surface area contributed by atoms with Crippen LogP contribution in [-0.2, 0) is 35.5 Å². The standard InChI is InChI=1S/C39H32F3N3O2/c40-33-18-19-34(41)38(42)32(33)17-20-37(46)45(25-28-13-15-30(16-14-28)35-12-6-7-22-43-35)36(24-27-8-2-1-3-9-27)39(47)44-23-21-29-10-4-5-11-31(29)26-44/h1-20,22,36H,21,23-26H2. The molecule has 0 spiro atoms. The highest BCUT2D eigenvalue weighted by Crippen LogP contribution is 2.25. The van der Waals surface area contributed by atoms with E-state index >= 15 is 0 Å². The van der Waals surface area contributed by atoms with Crippen LogP contribution in [0.2, 0.25) is 0 Å². The summed E-state index contributed by atoms with van der Waals surface area (Å²) in [4.78, 5) is 36.1. The maximum absolute atomic E-state index is 14.5. The van der Waals surface area contributed by atoms with Crippen LogP contribution in [0.25, 0.3) is 17.3 Å². The molecule has 1 aromatic heterocycles. The highest BCUT2D eigenvalue weighted by atomic mass is 19.2. The van der Waals surface area contributed by atoms with Crippen molar-refractivity contribution in [2.24, 2.45) is 0 Å². The zero-order valence-corrected chi connectivity index (χ0v) is 25.5. The number of benzene rings is 4. The monoisotopic (exact) mass is 631 g/mol. The Morgan fingerprint density at radius 3 is 2.23 bits per heavy atom. The number of hydrogen-bond acceptors (Lipinski definition) is 3. The molecule has 0 saturated carbocycles. The van der Waals surface area contributed by atoms with E-state index in [2.05, 4.69) is 11.1 Å². The van der Waals surface area contributed by atoms with E-state index in [4.69, 9.17) is 0 Å². The molecule has 236 valence electrons. The summed E-state index contributed by atoms with van der Waals surface area (Å²) in [5.74, 6) is -4.51. The van der Waals surface area contributed by atoms with Crippen LogP contribution in [0.1, 0.15) is 27.8 Å². The van der Waals surface area contributed by atoms with Gasteiger partial charge in [-0.15, -0.1) is 0 Å². The number of carbonyl (C=O) groups is 2. The smallest absolute Gasteiger partial charge is 0.247 e. The molecule has 4 aromatic carbocycles. The lowest BCUT2D eigenvalue weighted by Crippen LogP contribution is -2.52. The molecule has 2 heterocycles. The van der Waals surface area contributed by atoms with E-state index in [1.165, 1.54) is 10.5 Å². The van der Waals surface area contributed by atoms with Crippen LogP contribution < -0.4 is 0 Å². The number of nitrogens with zero attached hydrogens (tertiary/aromatic N) is 3. The predicted octanol–water partition coefficient (Wildman–Crippen LogP) is 7.40. The molecular formula is C39H32F3N3O2. The molecule has 8 heteroatoms. The third-order valence-electron chi connectivity index (χ3n) is 8.40. The molecular weight excluding hydrogens is 599 g/mol. The largest absolute Gasteiger partial charge is 0.336 e. The van der Waals surface area contributed by atoms with Crippen molar-refractivity contribution in [1.29, 1.82) is 0 Å². The second-order valence-corrected chi connectivity index (χ2v) is 11.5. The Kier molecular flexibility index (Phi) is 9.57. The van der Waals surface area contributed by atoms with Crippen LogP contribution in [0.15, 0.2) is 121 Å². The first kappa shape index (κ1) is 31.5. The molecule has 0 aliphatic carbocycles. The molecule has 6 rings (SSSR count). The van der Waals surface area contributed by atoms with Crippen LogP contribution >= 0.6 is 0 Å². The van der Waals surface area contributed by atoms with Gasteiger partial charge in [0.15, 0.2) is 11.6 Å². The third kappa shape index (κ3) is 7.33. The molecule has 2 amide bonds. The zero-order valence-electron chi connectivity index (χ0n) is 25.5. The van der Waals surface area contributed by atoms with E-state index < -0.39 is 35.0 Å². The molecule has 0 N–H and O–H groups in total. The average Bonchev–Trinajstić information content (AvgIpc) is 3.12. The number of halogens is 3. The number of rotatable bonds is 9. The minimum Gasteiger partial charge on any atom is -0.336 e. The summed E-state index contributed by atoms with van der Waals surface area (Å²) >= 11 is 0. The molecule has 1 unspecified atom stereocenters. The van der Waals surface area contributed by atoms with Crippen LogP contribution in [0, 0.1) is 17.5 Å². The molecule has 1 atom stereocenters. The number of aromatic nitrogens is 1. The van der Waals surface area contributed by atoms with Crippen LogP contribution in [0.5, 0.6) is 0 Å². The minimum absolute atomic E-state index is 0.0352. The van der Waals surface area contributed by atoms with Crippen LogP contribution in [-0.4, -0.2) is 39.2 Å². The maximum Gasteiger partial charge on any atom is 0.247 e. The lowest BCUT2D eigenvalue weighted by Gasteiger charge is -2.37. The number of fused-ring (bicyclic) bond motifs is 1. The van der Waals surface area contributed by atoms with E-state index in [-0.39, 0.29) is 18.9 Å². The molecule has 1 aliphatic rings. The fourth-order valence-electron chi connectivity index (χ4n) is 5.86. The molecule has 0 fully saturated rings. The molecule has 0 saturated heterocycles. The first-order chi connectivity index (χ1) is 22.9. The average molecular weight is 632 g/mol. The van der Waals surface area contributed by atoms with E-state index in [9.17, 15) is 22.8 Å². The van der Waals surface area contributed by atoms with Gasteiger partial charge in [0.25, 0.3) is 0 Å². The highest BCUT2D eigenvalue weighted by Gasteiger charge is 2.34. The quantitative estimate of drug-likeness (QED) is 0.126. The maximum atomic E-state index is 14.5. The lowest BCUT2D eigenvalue weighted by atomic mass is 9.97. The van der Waals surface area contributed by atoms with Crippen molar-refractivity contribution in [2.75, 3.05) is 6.54 Å². The summed E-state index contributed by atoms with van der Waals surface area (Å²) < 4.78 is 43.0. The predicted molar refractivity (Wildman–Crippen MR) is 175 cm³/mol. The van der Waals surface area contributed by atoms with Gasteiger partial charge >= 0.3 is 0 Å². The Bertz CT molecular complexity index is 1900. The van der Waals surface area contributed by atoms with Crippen molar-refractivity contribution < 1.29 is 22.8 Å². The fourth-order valence-corrected chi connectivity index (χ4v) is 5.86. The van der Waals surface area contributed by atoms with Gasteiger partial charge in [0, 0.05) is 49.5 Å². The first-order valence-electron chi connectivity index (χ1n) is 15.4. The summed E-state index contributed by atoms with van der Waals surface area (Å²) in [6, 6.07) is 31.0. The Labute approximate surface area is 271 Å². The van der Waals surface area contributed by atoms with Crippen molar-refractivity contribution in [3.05, 3.63) is 167 Å². The topological polar surface area (TPSA) is 53.5 Å². The Hall–Kier alpha value is -5.50. The van der Waals surface area contributed by atoms with E-state index in [1.54, 1.807) is 11.1 Å². The normalized spacial score (nSPS) is 13.3. The Balaban J connectivity index is 1.37. The van der Waals surface area contributed by atoms with Crippen molar-refractivity contribution in [3.8, 4) is 11.3 Å². The summed E-state index contributed by atoms with van der Waals surface area (Å²) in [5, 5.41) is 0. The highest BCUT2D eigenvalue weighted by molar-refractivity contribution is 5.96. The molecule has 5 aromatic rings. The first-order valence-corrected chi connectivity index (χ1v) is 15.4. The van der Waals surface area contributed by atoms with Gasteiger partial charge < -0.3 is 9.80 Å². The molecule has 0 bridgehead atoms. The van der Waals surface area contributed by atoms with Gasteiger partial charge in [0.05, 0.1) is 5.69 Å². The molecule has 47 heavy (non-hydrogen) atoms. The zero-order chi connectivity index (χ0) is 32.8. The summed E-state index contributed by atoms with van der Waals surface area (Å²) in [7, 11) is 0. The van der Waals surface area contributed by atoms with Gasteiger partial charge in [-0.1, -0.05) is 84.9 Å². The van der Waals surface area contributed by atoms with Crippen molar-refractivity contribution in [2.45, 2.75) is 32.0 Å². The number of carbonyl (C=O) groups excluding carboxylic acids is 2. The SMILES string of the molecule is O=C(C(Cc1ccccc1)N(Cc1ccc(-c2ccccn2)cc1)C(=O)C=Cc1c(F)ccc(F)c1F)N1CCc2ccccc2C1. The molecule has 5 nitrogen and oxygen atoms in total. The minimum atomic E-state index is -1.39. The fraction of sp³-hybridized carbons (Fsp3) is 0.154. The third-order valence-corrected chi connectivity index (χ3v) is 8.40. The Morgan fingerprint density at radius 1 is 0.787 bits per heavy atom. The van der Waals surface area contributed by atoms with Crippen molar-refractivity contribution >= 4 is 17.9 Å². The lowest BCUT2D eigenvalue weighted by molar-refractivity contribution is -0.144. The summed E-state index contributed by atoms with van der Waals surface area (Å²) in [5.41, 5.74) is 4.81. The second-order valence-electron chi connectivity index (χ2n) is 11.5. The van der Waals surface area contributed by atoms with Gasteiger partial charge in [-0.05, 0) is 59.0 Å². The van der Waals surface area contributed by atoms with Gasteiger partial charge in [-0.25, -0.2) is 13.2 Å². The second kappa shape index (κ2) is 14.3. The molecule has 0 radical (unpaired) electrons. The van der Waals surface area contributed by atoms with E-state index in [0.29, 0.717) is 25.6 Å². The Morgan fingerprint density at radius 2 is 1.49 bits per heavy atom. The van der Waals surface area contributed by atoms with Gasteiger partial charge in [0.1, 0.15) is 11.9 Å². The number of amides is 2. The summed E-state index contributed by atoms with van der Waals surface area (Å²) in [6.07, 6.45) is 4.53. The van der Waals surface area contributed by atoms with Crippen molar-refractivity contribution in [3.63, 3.8) is 0 Å². The van der Waals surface area contributed by atoms with Crippen molar-refractivity contribution in [1.82, 2.24) is 14.8 Å². The summed E-state index contributed by atoms with van der Waals surface area (Å²) in [6.45, 7) is 0.918. The number of pyridine rings is 1. The van der Waals surface area contributed by atoms with Gasteiger partial charge in [-0.2, -0.15) is 0 Å². The van der Waals surface area contributed by atoms with Crippen LogP contribution in [0.4, 0.5) is 13.2 Å². The van der Waals surface area contributed by atoms with E-state index in [0.717, 1.165) is 46.2 Å². The molecule has 1 aliphatic heterocycles. The van der Waals surface area contributed by atoms with Gasteiger partial charge in [0.2, 0.25) is 11.8 Å².